The van der Waals surface area contributed by atoms with Gasteiger partial charge in [0.25, 0.3) is 0 Å². The van der Waals surface area contributed by atoms with Crippen LogP contribution in [0.2, 0.25) is 0 Å². The lowest BCUT2D eigenvalue weighted by atomic mass is 10.4. The van der Waals surface area contributed by atoms with Crippen molar-refractivity contribution >= 4 is 33.1 Å². The van der Waals surface area contributed by atoms with Gasteiger partial charge < -0.3 is 10.1 Å². The van der Waals surface area contributed by atoms with Crippen LogP contribution in [0.3, 0.4) is 0 Å². The highest BCUT2D eigenvalue weighted by atomic mass is 79.9. The van der Waals surface area contributed by atoms with Gasteiger partial charge in [-0.05, 0) is 35.0 Å². The number of halogens is 1. The summed E-state index contributed by atoms with van der Waals surface area (Å²) < 4.78 is 6.47. The summed E-state index contributed by atoms with van der Waals surface area (Å²) in [5.74, 6) is 1.49. The van der Waals surface area contributed by atoms with Gasteiger partial charge in [-0.2, -0.15) is 4.98 Å². The molecule has 0 aliphatic heterocycles. The predicted octanol–water partition coefficient (Wildman–Crippen LogP) is 3.92. The van der Waals surface area contributed by atoms with E-state index in [2.05, 4.69) is 37.7 Å². The molecule has 2 rings (SSSR count). The Kier molecular flexibility index (Phi) is 4.39. The van der Waals surface area contributed by atoms with E-state index in [1.54, 1.807) is 11.3 Å². The molecule has 0 bridgehead atoms. The number of hydrogen-bond donors (Lipinski definition) is 1. The second-order valence-electron chi connectivity index (χ2n) is 3.38. The van der Waals surface area contributed by atoms with Crippen LogP contribution in [0.5, 0.6) is 5.88 Å². The second-order valence-corrected chi connectivity index (χ2v) is 5.29. The Morgan fingerprint density at radius 1 is 1.47 bits per heavy atom. The van der Waals surface area contributed by atoms with E-state index in [1.807, 2.05) is 25.1 Å². The molecule has 0 aliphatic carbocycles. The van der Waals surface area contributed by atoms with Gasteiger partial charge in [-0.3, -0.25) is 0 Å². The zero-order valence-corrected chi connectivity index (χ0v) is 11.8. The summed E-state index contributed by atoms with van der Waals surface area (Å²) in [5, 5.41) is 5.34. The van der Waals surface area contributed by atoms with Gasteiger partial charge in [0.15, 0.2) is 0 Å². The fourth-order valence-electron chi connectivity index (χ4n) is 1.37. The van der Waals surface area contributed by atoms with Crippen molar-refractivity contribution < 1.29 is 4.74 Å². The van der Waals surface area contributed by atoms with Crippen LogP contribution in [0, 0.1) is 0 Å². The van der Waals surface area contributed by atoms with Crippen molar-refractivity contribution in [3.05, 3.63) is 39.0 Å². The molecule has 0 spiro atoms. The van der Waals surface area contributed by atoms with Crippen molar-refractivity contribution in [2.75, 3.05) is 11.9 Å². The molecule has 0 amide bonds. The summed E-state index contributed by atoms with van der Waals surface area (Å²) in [6.07, 6.45) is 0. The van der Waals surface area contributed by atoms with Crippen LogP contribution >= 0.6 is 27.3 Å². The van der Waals surface area contributed by atoms with Crippen molar-refractivity contribution in [3.63, 3.8) is 0 Å². The molecule has 2 aromatic heterocycles. The predicted molar refractivity (Wildman–Crippen MR) is 74.8 cm³/mol. The van der Waals surface area contributed by atoms with Crippen LogP contribution in [0.15, 0.2) is 34.1 Å². The lowest BCUT2D eigenvalue weighted by Gasteiger charge is -2.06. The molecule has 0 saturated carbocycles. The van der Waals surface area contributed by atoms with Gasteiger partial charge in [0.1, 0.15) is 5.82 Å². The fraction of sp³-hybridized carbons (Fsp3) is 0.250. The number of pyridine rings is 1. The number of anilines is 1. The average molecular weight is 313 g/mol. The minimum Gasteiger partial charge on any atom is -0.478 e. The smallest absolute Gasteiger partial charge is 0.215 e. The van der Waals surface area contributed by atoms with Crippen LogP contribution in [-0.4, -0.2) is 11.6 Å². The summed E-state index contributed by atoms with van der Waals surface area (Å²) in [4.78, 5) is 5.61. The molecule has 2 heterocycles. The van der Waals surface area contributed by atoms with Crippen LogP contribution in [-0.2, 0) is 6.54 Å². The number of rotatable bonds is 5. The first kappa shape index (κ1) is 12.4. The first-order valence-corrected chi connectivity index (χ1v) is 7.02. The molecule has 0 saturated heterocycles. The fourth-order valence-corrected chi connectivity index (χ4v) is 2.76. The number of nitrogens with one attached hydrogen (secondary N) is 1. The van der Waals surface area contributed by atoms with E-state index in [9.17, 15) is 0 Å². The van der Waals surface area contributed by atoms with E-state index >= 15 is 0 Å². The highest BCUT2D eigenvalue weighted by Crippen LogP contribution is 2.20. The van der Waals surface area contributed by atoms with Crippen LogP contribution < -0.4 is 10.1 Å². The normalized spacial score (nSPS) is 10.2. The standard InChI is InChI=1S/C12H13BrN2OS/c1-2-16-12-5-3-4-11(15-12)14-7-10-6-9(13)8-17-10/h3-6,8H,2,7H2,1H3,(H,14,15). The SMILES string of the molecule is CCOc1cccc(NCc2cc(Br)cs2)n1. The highest BCUT2D eigenvalue weighted by Gasteiger charge is 2.00. The Morgan fingerprint density at radius 3 is 3.06 bits per heavy atom. The number of ether oxygens (including phenoxy) is 1. The number of nitrogens with zero attached hydrogens (tertiary/aromatic N) is 1. The van der Waals surface area contributed by atoms with E-state index in [4.69, 9.17) is 4.74 Å². The minimum absolute atomic E-state index is 0.633. The molecule has 2 aromatic rings. The molecule has 1 N–H and O–H groups in total. The van der Waals surface area contributed by atoms with Crippen molar-refractivity contribution in [2.24, 2.45) is 0 Å². The molecule has 0 atom stereocenters. The lowest BCUT2D eigenvalue weighted by Crippen LogP contribution is -2.01. The van der Waals surface area contributed by atoms with E-state index in [0.29, 0.717) is 12.5 Å². The van der Waals surface area contributed by atoms with Gasteiger partial charge >= 0.3 is 0 Å². The summed E-state index contributed by atoms with van der Waals surface area (Å²) >= 11 is 5.15. The maximum absolute atomic E-state index is 5.35. The summed E-state index contributed by atoms with van der Waals surface area (Å²) in [5.41, 5.74) is 0. The number of hydrogen-bond acceptors (Lipinski definition) is 4. The van der Waals surface area contributed by atoms with E-state index in [0.717, 1.165) is 16.8 Å². The average Bonchev–Trinajstić information content (AvgIpc) is 2.74. The van der Waals surface area contributed by atoms with E-state index in [1.165, 1.54) is 4.88 Å². The number of thiophene rings is 1. The molecule has 0 aliphatic rings. The van der Waals surface area contributed by atoms with Crippen molar-refractivity contribution in [3.8, 4) is 5.88 Å². The topological polar surface area (TPSA) is 34.1 Å². The largest absolute Gasteiger partial charge is 0.478 e. The van der Waals surface area contributed by atoms with Gasteiger partial charge in [-0.1, -0.05) is 6.07 Å². The second kappa shape index (κ2) is 6.02. The van der Waals surface area contributed by atoms with E-state index in [-0.39, 0.29) is 0 Å². The van der Waals surface area contributed by atoms with E-state index < -0.39 is 0 Å². The first-order chi connectivity index (χ1) is 8.28. The van der Waals surface area contributed by atoms with Crippen molar-refractivity contribution in [1.29, 1.82) is 0 Å². The van der Waals surface area contributed by atoms with Crippen LogP contribution in [0.4, 0.5) is 5.82 Å². The lowest BCUT2D eigenvalue weighted by molar-refractivity contribution is 0.327. The van der Waals surface area contributed by atoms with Gasteiger partial charge in [0.05, 0.1) is 13.2 Å². The Morgan fingerprint density at radius 2 is 2.35 bits per heavy atom. The monoisotopic (exact) mass is 312 g/mol. The van der Waals surface area contributed by atoms with Gasteiger partial charge in [-0.15, -0.1) is 11.3 Å². The molecule has 0 unspecified atom stereocenters. The van der Waals surface area contributed by atoms with Gasteiger partial charge in [0.2, 0.25) is 5.88 Å². The van der Waals surface area contributed by atoms with Crippen LogP contribution in [0.25, 0.3) is 0 Å². The minimum atomic E-state index is 0.633. The molecule has 0 aromatic carbocycles. The van der Waals surface area contributed by atoms with Gasteiger partial charge in [0, 0.05) is 20.8 Å². The summed E-state index contributed by atoms with van der Waals surface area (Å²) in [6, 6.07) is 7.83. The summed E-state index contributed by atoms with van der Waals surface area (Å²) in [7, 11) is 0. The molecule has 0 fully saturated rings. The van der Waals surface area contributed by atoms with Crippen molar-refractivity contribution in [2.45, 2.75) is 13.5 Å². The third-order valence-electron chi connectivity index (χ3n) is 2.08. The molecular weight excluding hydrogens is 300 g/mol. The maximum Gasteiger partial charge on any atom is 0.215 e. The Labute approximate surface area is 113 Å². The third-order valence-corrected chi connectivity index (χ3v) is 3.78. The zero-order chi connectivity index (χ0) is 12.1. The Balaban J connectivity index is 1.96. The number of aromatic nitrogens is 1. The first-order valence-electron chi connectivity index (χ1n) is 5.34. The molecule has 0 radical (unpaired) electrons. The quantitative estimate of drug-likeness (QED) is 0.908. The van der Waals surface area contributed by atoms with Gasteiger partial charge in [-0.25, -0.2) is 0 Å². The Bertz CT molecular complexity index is 487. The zero-order valence-electron chi connectivity index (χ0n) is 9.44. The third kappa shape index (κ3) is 3.71. The molecule has 90 valence electrons. The molecule has 5 heteroatoms. The summed E-state index contributed by atoms with van der Waals surface area (Å²) in [6.45, 7) is 3.36. The van der Waals surface area contributed by atoms with Crippen LogP contribution in [0.1, 0.15) is 11.8 Å². The maximum atomic E-state index is 5.35. The molecular formula is C12H13BrN2OS. The Hall–Kier alpha value is -1.07. The molecule has 3 nitrogen and oxygen atoms in total. The molecule has 17 heavy (non-hydrogen) atoms. The highest BCUT2D eigenvalue weighted by molar-refractivity contribution is 9.10. The van der Waals surface area contributed by atoms with Crippen molar-refractivity contribution in [1.82, 2.24) is 4.98 Å².